The summed E-state index contributed by atoms with van der Waals surface area (Å²) >= 11 is 1.48. The summed E-state index contributed by atoms with van der Waals surface area (Å²) in [6.45, 7) is 3.86. The summed E-state index contributed by atoms with van der Waals surface area (Å²) in [7, 11) is 0. The number of carbonyl (C=O) groups is 3. The van der Waals surface area contributed by atoms with Crippen LogP contribution in [0.1, 0.15) is 26.5 Å². The van der Waals surface area contributed by atoms with Gasteiger partial charge < -0.3 is 14.7 Å². The lowest BCUT2D eigenvalue weighted by Gasteiger charge is -2.39. The molecular formula is C21H23N3O3S. The second-order valence-electron chi connectivity index (χ2n) is 7.27. The second-order valence-corrected chi connectivity index (χ2v) is 8.56. The number of nitrogens with zero attached hydrogens (tertiary/aromatic N) is 3. The van der Waals surface area contributed by atoms with E-state index < -0.39 is 6.04 Å². The minimum absolute atomic E-state index is 0.0148. The number of benzene rings is 1. The molecule has 0 bridgehead atoms. The van der Waals surface area contributed by atoms with Crippen LogP contribution in [0.4, 0.5) is 0 Å². The maximum absolute atomic E-state index is 13.0. The molecule has 3 heterocycles. The van der Waals surface area contributed by atoms with Crippen molar-refractivity contribution in [3.8, 4) is 0 Å². The Labute approximate surface area is 168 Å². The maximum Gasteiger partial charge on any atom is 0.263 e. The molecule has 2 aliphatic heterocycles. The molecule has 1 aromatic carbocycles. The monoisotopic (exact) mass is 397 g/mol. The van der Waals surface area contributed by atoms with Crippen LogP contribution >= 0.6 is 11.3 Å². The molecule has 0 aliphatic carbocycles. The normalized spacial score (nSPS) is 20.2. The molecule has 2 aromatic rings. The van der Waals surface area contributed by atoms with Gasteiger partial charge >= 0.3 is 0 Å². The van der Waals surface area contributed by atoms with Gasteiger partial charge in [-0.1, -0.05) is 30.3 Å². The van der Waals surface area contributed by atoms with Gasteiger partial charge in [0.1, 0.15) is 12.6 Å². The summed E-state index contributed by atoms with van der Waals surface area (Å²) in [4.78, 5) is 45.4. The number of piperazine rings is 1. The van der Waals surface area contributed by atoms with E-state index in [1.54, 1.807) is 14.7 Å². The Morgan fingerprint density at radius 2 is 1.86 bits per heavy atom. The zero-order chi connectivity index (χ0) is 19.7. The number of thiophene rings is 1. The number of hydrogen-bond donors (Lipinski definition) is 0. The molecule has 0 saturated carbocycles. The topological polar surface area (TPSA) is 60.9 Å². The number of rotatable bonds is 3. The molecule has 1 aromatic heterocycles. The van der Waals surface area contributed by atoms with Crippen LogP contribution in [0.2, 0.25) is 0 Å². The van der Waals surface area contributed by atoms with Crippen molar-refractivity contribution in [3.63, 3.8) is 0 Å². The van der Waals surface area contributed by atoms with Gasteiger partial charge in [0.15, 0.2) is 0 Å². The fourth-order valence-electron chi connectivity index (χ4n) is 3.87. The highest BCUT2D eigenvalue weighted by Crippen LogP contribution is 2.23. The Morgan fingerprint density at radius 1 is 1.07 bits per heavy atom. The van der Waals surface area contributed by atoms with Gasteiger partial charge in [0, 0.05) is 31.1 Å². The first-order valence-electron chi connectivity index (χ1n) is 9.51. The first-order valence-corrected chi connectivity index (χ1v) is 10.3. The predicted octanol–water partition coefficient (Wildman–Crippen LogP) is 2.14. The molecule has 0 N–H and O–H groups in total. The lowest BCUT2D eigenvalue weighted by atomic mass is 10.1. The van der Waals surface area contributed by atoms with E-state index in [4.69, 9.17) is 0 Å². The standard InChI is InChI=1S/C21H23N3O3S/c1-15-7-8-18(28-15)21(27)22-10-9-17-20(26)23(13-16-5-3-2-4-6-16)14-19(25)24(17)12-11-22/h2-8,17H,9-14H2,1H3. The Bertz CT molecular complexity index is 895. The van der Waals surface area contributed by atoms with E-state index in [0.29, 0.717) is 37.5 Å². The molecular weight excluding hydrogens is 374 g/mol. The van der Waals surface area contributed by atoms with E-state index in [9.17, 15) is 14.4 Å². The van der Waals surface area contributed by atoms with Gasteiger partial charge in [-0.15, -0.1) is 11.3 Å². The maximum atomic E-state index is 13.0. The fourth-order valence-corrected chi connectivity index (χ4v) is 4.71. The van der Waals surface area contributed by atoms with E-state index in [0.717, 1.165) is 10.4 Å². The van der Waals surface area contributed by atoms with Gasteiger partial charge in [-0.2, -0.15) is 0 Å². The van der Waals surface area contributed by atoms with Crippen molar-refractivity contribution in [2.75, 3.05) is 26.2 Å². The number of aryl methyl sites for hydroxylation is 1. The fraction of sp³-hybridized carbons (Fsp3) is 0.381. The highest BCUT2D eigenvalue weighted by atomic mass is 32.1. The lowest BCUT2D eigenvalue weighted by Crippen LogP contribution is -2.59. The van der Waals surface area contributed by atoms with Gasteiger partial charge in [0.25, 0.3) is 5.91 Å². The van der Waals surface area contributed by atoms with Crippen molar-refractivity contribution < 1.29 is 14.4 Å². The molecule has 7 heteroatoms. The van der Waals surface area contributed by atoms with Crippen LogP contribution in [0.3, 0.4) is 0 Å². The van der Waals surface area contributed by atoms with E-state index in [1.807, 2.05) is 49.4 Å². The molecule has 28 heavy (non-hydrogen) atoms. The average molecular weight is 398 g/mol. The summed E-state index contributed by atoms with van der Waals surface area (Å²) < 4.78 is 0. The van der Waals surface area contributed by atoms with Crippen molar-refractivity contribution in [3.05, 3.63) is 57.8 Å². The highest BCUT2D eigenvalue weighted by Gasteiger charge is 2.41. The third-order valence-electron chi connectivity index (χ3n) is 5.36. The third-order valence-corrected chi connectivity index (χ3v) is 6.35. The largest absolute Gasteiger partial charge is 0.336 e. The van der Waals surface area contributed by atoms with Gasteiger partial charge in [-0.05, 0) is 31.0 Å². The Morgan fingerprint density at radius 3 is 2.57 bits per heavy atom. The number of fused-ring (bicyclic) bond motifs is 1. The van der Waals surface area contributed by atoms with E-state index in [-0.39, 0.29) is 24.3 Å². The molecule has 3 amide bonds. The molecule has 4 rings (SSSR count). The molecule has 2 aliphatic rings. The van der Waals surface area contributed by atoms with Crippen LogP contribution in [0.25, 0.3) is 0 Å². The van der Waals surface area contributed by atoms with Gasteiger partial charge in [-0.25, -0.2) is 0 Å². The van der Waals surface area contributed by atoms with Crippen LogP contribution in [-0.4, -0.2) is 64.6 Å². The summed E-state index contributed by atoms with van der Waals surface area (Å²) in [6, 6.07) is 13.0. The molecule has 0 radical (unpaired) electrons. The highest BCUT2D eigenvalue weighted by molar-refractivity contribution is 7.13. The Balaban J connectivity index is 1.47. The number of carbonyl (C=O) groups excluding carboxylic acids is 3. The minimum Gasteiger partial charge on any atom is -0.336 e. The average Bonchev–Trinajstić information content (AvgIpc) is 3.00. The van der Waals surface area contributed by atoms with Gasteiger partial charge in [0.2, 0.25) is 11.8 Å². The van der Waals surface area contributed by atoms with Gasteiger partial charge in [-0.3, -0.25) is 14.4 Å². The first-order chi connectivity index (χ1) is 13.5. The summed E-state index contributed by atoms with van der Waals surface area (Å²) in [5, 5.41) is 0. The van der Waals surface area contributed by atoms with Crippen LogP contribution in [0.15, 0.2) is 42.5 Å². The van der Waals surface area contributed by atoms with Crippen molar-refractivity contribution >= 4 is 29.1 Å². The van der Waals surface area contributed by atoms with Crippen LogP contribution in [-0.2, 0) is 16.1 Å². The van der Waals surface area contributed by atoms with Crippen molar-refractivity contribution in [2.24, 2.45) is 0 Å². The predicted molar refractivity (Wildman–Crippen MR) is 107 cm³/mol. The molecule has 2 saturated heterocycles. The molecule has 1 unspecified atom stereocenters. The number of hydrogen-bond acceptors (Lipinski definition) is 4. The van der Waals surface area contributed by atoms with E-state index >= 15 is 0 Å². The minimum atomic E-state index is -0.479. The molecule has 6 nitrogen and oxygen atoms in total. The van der Waals surface area contributed by atoms with Crippen molar-refractivity contribution in [2.45, 2.75) is 25.9 Å². The van der Waals surface area contributed by atoms with Crippen LogP contribution in [0.5, 0.6) is 0 Å². The zero-order valence-electron chi connectivity index (χ0n) is 15.8. The van der Waals surface area contributed by atoms with Crippen molar-refractivity contribution in [1.82, 2.24) is 14.7 Å². The first kappa shape index (κ1) is 18.7. The smallest absolute Gasteiger partial charge is 0.263 e. The lowest BCUT2D eigenvalue weighted by molar-refractivity contribution is -0.156. The summed E-state index contributed by atoms with van der Waals surface area (Å²) in [6.07, 6.45) is 0.478. The Kier molecular flexibility index (Phi) is 5.17. The van der Waals surface area contributed by atoms with Crippen LogP contribution < -0.4 is 0 Å². The van der Waals surface area contributed by atoms with Gasteiger partial charge in [0.05, 0.1) is 4.88 Å². The summed E-state index contributed by atoms with van der Waals surface area (Å²) in [5.74, 6) is -0.0782. The SMILES string of the molecule is Cc1ccc(C(=O)N2CCC3C(=O)N(Cc4ccccc4)CC(=O)N3CC2)s1. The molecule has 0 spiro atoms. The quantitative estimate of drug-likeness (QED) is 0.797. The van der Waals surface area contributed by atoms with Crippen LogP contribution in [0, 0.1) is 6.92 Å². The number of amides is 3. The van der Waals surface area contributed by atoms with Crippen molar-refractivity contribution in [1.29, 1.82) is 0 Å². The van der Waals surface area contributed by atoms with E-state index in [1.165, 1.54) is 11.3 Å². The molecule has 1 atom stereocenters. The Hall–Kier alpha value is -2.67. The molecule has 146 valence electrons. The molecule has 2 fully saturated rings. The third kappa shape index (κ3) is 3.67. The van der Waals surface area contributed by atoms with E-state index in [2.05, 4.69) is 0 Å². The summed E-state index contributed by atoms with van der Waals surface area (Å²) in [5.41, 5.74) is 1.01. The second kappa shape index (κ2) is 7.75. The zero-order valence-corrected chi connectivity index (χ0v) is 16.7.